The molecule has 0 saturated carbocycles. The lowest BCUT2D eigenvalue weighted by atomic mass is 10.2. The molecule has 1 rings (SSSR count). The summed E-state index contributed by atoms with van der Waals surface area (Å²) in [6, 6.07) is 4.86. The molecular weight excluding hydrogens is 312 g/mol. The highest BCUT2D eigenvalue weighted by atomic mass is 35.5. The Bertz CT molecular complexity index is 549. The van der Waals surface area contributed by atoms with Crippen LogP contribution < -0.4 is 5.32 Å². The Morgan fingerprint density at radius 3 is 2.67 bits per heavy atom. The molecule has 120 valence electrons. The van der Waals surface area contributed by atoms with E-state index in [4.69, 9.17) is 16.3 Å². The van der Waals surface area contributed by atoms with Gasteiger partial charge in [-0.3, -0.25) is 0 Å². The largest absolute Gasteiger partial charge is 0.385 e. The van der Waals surface area contributed by atoms with E-state index in [-0.39, 0.29) is 4.90 Å². The molecule has 5 nitrogen and oxygen atoms in total. The van der Waals surface area contributed by atoms with Crippen molar-refractivity contribution in [3.8, 4) is 0 Å². The quantitative estimate of drug-likeness (QED) is 0.703. The Hall–Kier alpha value is -0.660. The Balaban J connectivity index is 2.85. The maximum Gasteiger partial charge on any atom is 0.242 e. The number of benzene rings is 1. The van der Waals surface area contributed by atoms with Crippen LogP contribution in [0, 0.1) is 0 Å². The zero-order valence-electron chi connectivity index (χ0n) is 12.7. The highest BCUT2D eigenvalue weighted by molar-refractivity contribution is 7.89. The number of rotatable bonds is 9. The first-order valence-electron chi connectivity index (χ1n) is 6.88. The van der Waals surface area contributed by atoms with Gasteiger partial charge in [-0.2, -0.15) is 0 Å². The molecule has 0 aliphatic heterocycles. The highest BCUT2D eigenvalue weighted by Crippen LogP contribution is 2.23. The number of methoxy groups -OCH3 is 1. The molecule has 0 spiro atoms. The summed E-state index contributed by atoms with van der Waals surface area (Å²) in [5.74, 6) is 0. The summed E-state index contributed by atoms with van der Waals surface area (Å²) in [6.07, 6.45) is 0.651. The zero-order chi connectivity index (χ0) is 15.9. The van der Waals surface area contributed by atoms with Gasteiger partial charge in [0, 0.05) is 38.9 Å². The molecule has 1 aromatic carbocycles. The summed E-state index contributed by atoms with van der Waals surface area (Å²) in [7, 11) is -0.351. The Labute approximate surface area is 132 Å². The van der Waals surface area contributed by atoms with E-state index in [2.05, 4.69) is 5.32 Å². The number of nitrogens with one attached hydrogen (secondary N) is 1. The fourth-order valence-corrected chi connectivity index (χ4v) is 3.37. The topological polar surface area (TPSA) is 58.6 Å². The van der Waals surface area contributed by atoms with Crippen LogP contribution in [0.4, 0.5) is 0 Å². The Morgan fingerprint density at radius 2 is 2.10 bits per heavy atom. The van der Waals surface area contributed by atoms with Crippen molar-refractivity contribution in [1.82, 2.24) is 9.62 Å². The fraction of sp³-hybridized carbons (Fsp3) is 0.571. The van der Waals surface area contributed by atoms with Crippen LogP contribution in [0.5, 0.6) is 0 Å². The van der Waals surface area contributed by atoms with Crippen LogP contribution in [0.15, 0.2) is 23.1 Å². The third-order valence-corrected chi connectivity index (χ3v) is 5.32. The molecule has 0 bridgehead atoms. The molecule has 0 amide bonds. The first-order chi connectivity index (χ1) is 9.93. The lowest BCUT2D eigenvalue weighted by Gasteiger charge is -2.17. The van der Waals surface area contributed by atoms with E-state index < -0.39 is 10.0 Å². The second-order valence-electron chi connectivity index (χ2n) is 4.71. The number of halogens is 1. The van der Waals surface area contributed by atoms with E-state index in [9.17, 15) is 8.42 Å². The SMILES string of the molecule is CCNCc1ccc(S(=O)(=O)N(C)CCCOC)cc1Cl. The van der Waals surface area contributed by atoms with Crippen LogP contribution >= 0.6 is 11.6 Å². The first-order valence-corrected chi connectivity index (χ1v) is 8.69. The zero-order valence-corrected chi connectivity index (χ0v) is 14.3. The van der Waals surface area contributed by atoms with Crippen LogP contribution in [0.2, 0.25) is 5.02 Å². The van der Waals surface area contributed by atoms with Crippen molar-refractivity contribution in [1.29, 1.82) is 0 Å². The van der Waals surface area contributed by atoms with Gasteiger partial charge < -0.3 is 10.1 Å². The molecule has 7 heteroatoms. The maximum absolute atomic E-state index is 12.4. The molecule has 21 heavy (non-hydrogen) atoms. The van der Waals surface area contributed by atoms with Crippen molar-refractivity contribution in [3.63, 3.8) is 0 Å². The minimum Gasteiger partial charge on any atom is -0.385 e. The molecule has 0 unspecified atom stereocenters. The predicted octanol–water partition coefficient (Wildman–Crippen LogP) is 2.11. The second kappa shape index (κ2) is 8.70. The van der Waals surface area contributed by atoms with Crippen LogP contribution in [-0.4, -0.2) is 46.6 Å². The number of nitrogens with zero attached hydrogens (tertiary/aromatic N) is 1. The van der Waals surface area contributed by atoms with E-state index in [1.165, 1.54) is 10.4 Å². The number of ether oxygens (including phenoxy) is 1. The molecule has 0 radical (unpaired) electrons. The molecule has 0 aliphatic rings. The van der Waals surface area contributed by atoms with Crippen molar-refractivity contribution in [3.05, 3.63) is 28.8 Å². The molecule has 1 aromatic rings. The number of sulfonamides is 1. The van der Waals surface area contributed by atoms with Crippen molar-refractivity contribution in [2.24, 2.45) is 0 Å². The van der Waals surface area contributed by atoms with Gasteiger partial charge in [0.25, 0.3) is 0 Å². The average molecular weight is 335 g/mol. The third-order valence-electron chi connectivity index (χ3n) is 3.12. The summed E-state index contributed by atoms with van der Waals surface area (Å²) in [6.45, 7) is 4.40. The van der Waals surface area contributed by atoms with Crippen molar-refractivity contribution in [2.75, 3.05) is 33.9 Å². The van der Waals surface area contributed by atoms with Crippen LogP contribution in [0.25, 0.3) is 0 Å². The average Bonchev–Trinajstić information content (AvgIpc) is 2.46. The second-order valence-corrected chi connectivity index (χ2v) is 7.16. The minimum absolute atomic E-state index is 0.215. The summed E-state index contributed by atoms with van der Waals surface area (Å²) in [5.41, 5.74) is 0.888. The normalized spacial score (nSPS) is 12.0. The molecule has 0 aliphatic carbocycles. The van der Waals surface area contributed by atoms with Crippen molar-refractivity contribution < 1.29 is 13.2 Å². The smallest absolute Gasteiger partial charge is 0.242 e. The van der Waals surface area contributed by atoms with Gasteiger partial charge >= 0.3 is 0 Å². The first kappa shape index (κ1) is 18.4. The van der Waals surface area contributed by atoms with Gasteiger partial charge in [0.2, 0.25) is 10.0 Å². The summed E-state index contributed by atoms with van der Waals surface area (Å²) in [5, 5.41) is 3.62. The van der Waals surface area contributed by atoms with Gasteiger partial charge in [0.05, 0.1) is 4.90 Å². The summed E-state index contributed by atoms with van der Waals surface area (Å²) >= 11 is 6.16. The van der Waals surface area contributed by atoms with E-state index in [0.29, 0.717) is 31.1 Å². The summed E-state index contributed by atoms with van der Waals surface area (Å²) in [4.78, 5) is 0.215. The van der Waals surface area contributed by atoms with Gasteiger partial charge in [-0.15, -0.1) is 0 Å². The molecule has 0 heterocycles. The monoisotopic (exact) mass is 334 g/mol. The summed E-state index contributed by atoms with van der Waals surface area (Å²) < 4.78 is 31.1. The van der Waals surface area contributed by atoms with E-state index in [0.717, 1.165) is 12.1 Å². The molecule has 1 N–H and O–H groups in total. The van der Waals surface area contributed by atoms with Crippen molar-refractivity contribution >= 4 is 21.6 Å². The Morgan fingerprint density at radius 1 is 1.38 bits per heavy atom. The van der Waals surface area contributed by atoms with Crippen molar-refractivity contribution in [2.45, 2.75) is 24.8 Å². The van der Waals surface area contributed by atoms with Gasteiger partial charge in [-0.05, 0) is 30.7 Å². The third kappa shape index (κ3) is 5.23. The molecular formula is C14H23ClN2O3S. The lowest BCUT2D eigenvalue weighted by molar-refractivity contribution is 0.189. The van der Waals surface area contributed by atoms with Crippen LogP contribution in [0.1, 0.15) is 18.9 Å². The number of hydrogen-bond acceptors (Lipinski definition) is 4. The number of hydrogen-bond donors (Lipinski definition) is 1. The minimum atomic E-state index is -3.51. The van der Waals surface area contributed by atoms with Gasteiger partial charge in [-0.25, -0.2) is 12.7 Å². The molecule has 0 aromatic heterocycles. The van der Waals surface area contributed by atoms with Crippen LogP contribution in [0.3, 0.4) is 0 Å². The van der Waals surface area contributed by atoms with E-state index in [1.807, 2.05) is 6.92 Å². The van der Waals surface area contributed by atoms with Gasteiger partial charge in [-0.1, -0.05) is 24.6 Å². The van der Waals surface area contributed by atoms with E-state index in [1.54, 1.807) is 26.3 Å². The highest BCUT2D eigenvalue weighted by Gasteiger charge is 2.21. The standard InChI is InChI=1S/C14H23ClN2O3S/c1-4-16-11-12-6-7-13(10-14(12)15)21(18,19)17(2)8-5-9-20-3/h6-7,10,16H,4-5,8-9,11H2,1-3H3. The molecule has 0 saturated heterocycles. The maximum atomic E-state index is 12.4. The predicted molar refractivity (Wildman–Crippen MR) is 85.1 cm³/mol. The van der Waals surface area contributed by atoms with Gasteiger partial charge in [0.15, 0.2) is 0 Å². The van der Waals surface area contributed by atoms with Gasteiger partial charge in [0.1, 0.15) is 0 Å². The lowest BCUT2D eigenvalue weighted by Crippen LogP contribution is -2.28. The van der Waals surface area contributed by atoms with E-state index >= 15 is 0 Å². The molecule has 0 atom stereocenters. The fourth-order valence-electron chi connectivity index (χ4n) is 1.82. The van der Waals surface area contributed by atoms with Crippen LogP contribution in [-0.2, 0) is 21.3 Å². The Kier molecular flexibility index (Phi) is 7.62. The molecule has 0 fully saturated rings.